The molecule has 0 amide bonds. The molecule has 7 nitrogen and oxygen atoms in total. The summed E-state index contributed by atoms with van der Waals surface area (Å²) in [7, 11) is 1.47. The first-order valence-corrected chi connectivity index (χ1v) is 7.01. The van der Waals surface area contributed by atoms with Gasteiger partial charge in [-0.15, -0.1) is 10.2 Å². The number of ether oxygens (including phenoxy) is 2. The molecule has 1 fully saturated rings. The van der Waals surface area contributed by atoms with E-state index in [2.05, 4.69) is 15.3 Å². The zero-order valence-corrected chi connectivity index (χ0v) is 12.6. The van der Waals surface area contributed by atoms with Crippen LogP contribution < -0.4 is 0 Å². The summed E-state index contributed by atoms with van der Waals surface area (Å²) in [5, 5.41) is 11.3. The molecule has 1 atom stereocenters. The first-order chi connectivity index (χ1) is 10.9. The highest BCUT2D eigenvalue weighted by molar-refractivity contribution is 5.56. The fourth-order valence-corrected chi connectivity index (χ4v) is 2.56. The third-order valence-corrected chi connectivity index (χ3v) is 3.83. The number of hydrogen-bond acceptors (Lipinski definition) is 6. The Morgan fingerprint density at radius 1 is 1.39 bits per heavy atom. The van der Waals surface area contributed by atoms with E-state index < -0.39 is 17.5 Å². The van der Waals surface area contributed by atoms with Crippen LogP contribution in [0.15, 0.2) is 10.6 Å². The largest absolute Gasteiger partial charge is 0.433 e. The SMILES string of the molecule is CCn1ncc(-c2nnc(C3(OC)CCOC3)o2)c1C(F)(F)F. The summed E-state index contributed by atoms with van der Waals surface area (Å²) in [4.78, 5) is 0. The summed E-state index contributed by atoms with van der Waals surface area (Å²) < 4.78 is 56.8. The summed E-state index contributed by atoms with van der Waals surface area (Å²) in [5.41, 5.74) is -2.07. The molecule has 3 rings (SSSR count). The van der Waals surface area contributed by atoms with Crippen LogP contribution in [-0.2, 0) is 27.8 Å². The second-order valence-electron chi connectivity index (χ2n) is 5.13. The topological polar surface area (TPSA) is 75.2 Å². The fourth-order valence-electron chi connectivity index (χ4n) is 2.56. The Morgan fingerprint density at radius 3 is 2.74 bits per heavy atom. The number of alkyl halides is 3. The molecule has 1 saturated heterocycles. The quantitative estimate of drug-likeness (QED) is 0.855. The summed E-state index contributed by atoms with van der Waals surface area (Å²) in [6, 6.07) is 0. The molecule has 2 aromatic rings. The third kappa shape index (κ3) is 2.61. The number of hydrogen-bond donors (Lipinski definition) is 0. The number of aromatic nitrogens is 4. The van der Waals surface area contributed by atoms with E-state index >= 15 is 0 Å². The number of nitrogens with zero attached hydrogens (tertiary/aromatic N) is 4. The maximum absolute atomic E-state index is 13.3. The number of rotatable bonds is 4. The molecule has 0 aliphatic carbocycles. The van der Waals surface area contributed by atoms with Gasteiger partial charge in [0.25, 0.3) is 11.8 Å². The predicted molar refractivity (Wildman–Crippen MR) is 70.3 cm³/mol. The standard InChI is InChI=1S/C13H15F3N4O3/c1-3-20-9(13(14,15)16)8(6-17-20)10-18-19-11(23-10)12(21-2)4-5-22-7-12/h6H,3-5,7H2,1-2H3. The Bertz CT molecular complexity index is 689. The molecule has 2 aromatic heterocycles. The Hall–Kier alpha value is -1.94. The van der Waals surface area contributed by atoms with Gasteiger partial charge < -0.3 is 13.9 Å². The van der Waals surface area contributed by atoms with E-state index in [1.165, 1.54) is 7.11 Å². The van der Waals surface area contributed by atoms with Gasteiger partial charge in [-0.3, -0.25) is 4.68 Å². The summed E-state index contributed by atoms with van der Waals surface area (Å²) in [6.45, 7) is 2.31. The molecular weight excluding hydrogens is 317 g/mol. The normalized spacial score (nSPS) is 22.0. The van der Waals surface area contributed by atoms with Crippen LogP contribution in [0.5, 0.6) is 0 Å². The molecule has 0 radical (unpaired) electrons. The molecule has 1 aliphatic rings. The van der Waals surface area contributed by atoms with E-state index in [1.807, 2.05) is 0 Å². The van der Waals surface area contributed by atoms with E-state index in [0.717, 1.165) is 10.9 Å². The van der Waals surface area contributed by atoms with Gasteiger partial charge in [0.2, 0.25) is 0 Å². The first-order valence-electron chi connectivity index (χ1n) is 7.01. The Kier molecular flexibility index (Phi) is 3.88. The molecule has 0 bridgehead atoms. The predicted octanol–water partition coefficient (Wildman–Crippen LogP) is 2.23. The second-order valence-corrected chi connectivity index (χ2v) is 5.13. The van der Waals surface area contributed by atoms with Gasteiger partial charge in [0.1, 0.15) is 0 Å². The molecule has 23 heavy (non-hydrogen) atoms. The fraction of sp³-hybridized carbons (Fsp3) is 0.615. The molecule has 0 spiro atoms. The average molecular weight is 332 g/mol. The van der Waals surface area contributed by atoms with Gasteiger partial charge >= 0.3 is 6.18 Å². The minimum Gasteiger partial charge on any atom is -0.417 e. The molecule has 126 valence electrons. The van der Waals surface area contributed by atoms with Crippen LogP contribution in [0.25, 0.3) is 11.5 Å². The van der Waals surface area contributed by atoms with Crippen molar-refractivity contribution in [2.45, 2.75) is 31.7 Å². The van der Waals surface area contributed by atoms with E-state index in [9.17, 15) is 13.2 Å². The lowest BCUT2D eigenvalue weighted by Crippen LogP contribution is -2.29. The van der Waals surface area contributed by atoms with Crippen LogP contribution in [0.3, 0.4) is 0 Å². The molecule has 0 aromatic carbocycles. The smallest absolute Gasteiger partial charge is 0.417 e. The van der Waals surface area contributed by atoms with E-state index in [1.54, 1.807) is 6.92 Å². The van der Waals surface area contributed by atoms with Crippen molar-refractivity contribution >= 4 is 0 Å². The molecule has 0 saturated carbocycles. The van der Waals surface area contributed by atoms with Gasteiger partial charge in [0.15, 0.2) is 11.3 Å². The third-order valence-electron chi connectivity index (χ3n) is 3.83. The van der Waals surface area contributed by atoms with Crippen LogP contribution in [0.2, 0.25) is 0 Å². The maximum Gasteiger partial charge on any atom is 0.433 e. The Morgan fingerprint density at radius 2 is 2.17 bits per heavy atom. The monoisotopic (exact) mass is 332 g/mol. The van der Waals surface area contributed by atoms with Crippen molar-refractivity contribution in [2.24, 2.45) is 0 Å². The lowest BCUT2D eigenvalue weighted by molar-refractivity contribution is -0.143. The van der Waals surface area contributed by atoms with E-state index in [-0.39, 0.29) is 30.5 Å². The highest BCUT2D eigenvalue weighted by Gasteiger charge is 2.44. The van der Waals surface area contributed by atoms with Crippen LogP contribution in [0, 0.1) is 0 Å². The van der Waals surface area contributed by atoms with Gasteiger partial charge in [-0.05, 0) is 6.92 Å². The molecule has 1 aliphatic heterocycles. The Balaban J connectivity index is 2.03. The van der Waals surface area contributed by atoms with Crippen molar-refractivity contribution in [3.8, 4) is 11.5 Å². The van der Waals surface area contributed by atoms with Crippen molar-refractivity contribution < 1.29 is 27.1 Å². The van der Waals surface area contributed by atoms with Gasteiger partial charge in [0.05, 0.1) is 25.0 Å². The minimum absolute atomic E-state index is 0.0751. The summed E-state index contributed by atoms with van der Waals surface area (Å²) in [6.07, 6.45) is -3.01. The molecule has 3 heterocycles. The summed E-state index contributed by atoms with van der Waals surface area (Å²) in [5.74, 6) is -0.139. The lowest BCUT2D eigenvalue weighted by Gasteiger charge is -2.20. The zero-order chi connectivity index (χ0) is 16.7. The van der Waals surface area contributed by atoms with Crippen LogP contribution in [0.1, 0.15) is 24.9 Å². The maximum atomic E-state index is 13.3. The van der Waals surface area contributed by atoms with E-state index in [0.29, 0.717) is 13.0 Å². The zero-order valence-electron chi connectivity index (χ0n) is 12.6. The highest BCUT2D eigenvalue weighted by Crippen LogP contribution is 2.39. The molecule has 0 N–H and O–H groups in total. The van der Waals surface area contributed by atoms with Crippen molar-refractivity contribution in [1.29, 1.82) is 0 Å². The second kappa shape index (κ2) is 5.60. The van der Waals surface area contributed by atoms with Crippen molar-refractivity contribution in [2.75, 3.05) is 20.3 Å². The lowest BCUT2D eigenvalue weighted by atomic mass is 10.0. The molecule has 1 unspecified atom stereocenters. The van der Waals surface area contributed by atoms with Gasteiger partial charge in [0, 0.05) is 20.1 Å². The number of methoxy groups -OCH3 is 1. The van der Waals surface area contributed by atoms with Crippen LogP contribution in [0.4, 0.5) is 13.2 Å². The van der Waals surface area contributed by atoms with E-state index in [4.69, 9.17) is 13.9 Å². The average Bonchev–Trinajstić information content (AvgIpc) is 3.23. The highest BCUT2D eigenvalue weighted by atomic mass is 19.4. The van der Waals surface area contributed by atoms with Crippen LogP contribution >= 0.6 is 0 Å². The van der Waals surface area contributed by atoms with Crippen molar-refractivity contribution in [3.05, 3.63) is 17.8 Å². The molecular formula is C13H15F3N4O3. The van der Waals surface area contributed by atoms with Gasteiger partial charge in [-0.25, -0.2) is 0 Å². The van der Waals surface area contributed by atoms with Crippen molar-refractivity contribution in [3.63, 3.8) is 0 Å². The van der Waals surface area contributed by atoms with Crippen LogP contribution in [-0.4, -0.2) is 40.3 Å². The molecule has 10 heteroatoms. The van der Waals surface area contributed by atoms with Crippen molar-refractivity contribution in [1.82, 2.24) is 20.0 Å². The summed E-state index contributed by atoms with van der Waals surface area (Å²) >= 11 is 0. The van der Waals surface area contributed by atoms with Gasteiger partial charge in [-0.1, -0.05) is 0 Å². The number of halogens is 3. The van der Waals surface area contributed by atoms with Gasteiger partial charge in [-0.2, -0.15) is 18.3 Å². The first kappa shape index (κ1) is 15.9. The Labute approximate surface area is 129 Å². The minimum atomic E-state index is -4.58. The number of aryl methyl sites for hydroxylation is 1.